The third kappa shape index (κ3) is 3.84. The van der Waals surface area contributed by atoms with Gasteiger partial charge in [-0.3, -0.25) is 4.79 Å². The zero-order valence-corrected chi connectivity index (χ0v) is 12.1. The van der Waals surface area contributed by atoms with E-state index in [1.165, 1.54) is 23.1 Å². The molecule has 1 heterocycles. The summed E-state index contributed by atoms with van der Waals surface area (Å²) in [7, 11) is 0. The lowest BCUT2D eigenvalue weighted by molar-refractivity contribution is -0.113. The quantitative estimate of drug-likeness (QED) is 0.833. The van der Waals surface area contributed by atoms with Crippen molar-refractivity contribution in [3.8, 4) is 6.07 Å². The molecule has 0 saturated heterocycles. The topological polar surface area (TPSA) is 73.1 Å². The molecule has 0 saturated carbocycles. The van der Waals surface area contributed by atoms with Crippen LogP contribution in [-0.4, -0.2) is 16.8 Å². The summed E-state index contributed by atoms with van der Waals surface area (Å²) >= 11 is 2.75. The molecule has 2 N–H and O–H groups in total. The lowest BCUT2D eigenvalue weighted by atomic mass is 10.2. The van der Waals surface area contributed by atoms with Gasteiger partial charge in [0, 0.05) is 4.90 Å². The predicted molar refractivity (Wildman–Crippen MR) is 80.8 cm³/mol. The number of benzene rings is 1. The number of anilines is 1. The van der Waals surface area contributed by atoms with Crippen molar-refractivity contribution in [1.29, 1.82) is 5.26 Å². The third-order valence-electron chi connectivity index (χ3n) is 2.51. The Bertz CT molecular complexity index is 629. The zero-order valence-electron chi connectivity index (χ0n) is 10.5. The molecule has 2 rings (SSSR count). The summed E-state index contributed by atoms with van der Waals surface area (Å²) < 4.78 is 0. The SMILES string of the molecule is N#Cc1ccsc1NC(=O)CSc1ccc(CO)cc1. The van der Waals surface area contributed by atoms with Crippen LogP contribution in [0.4, 0.5) is 5.00 Å². The molecule has 4 nitrogen and oxygen atoms in total. The highest BCUT2D eigenvalue weighted by atomic mass is 32.2. The maximum absolute atomic E-state index is 11.8. The first kappa shape index (κ1) is 14.6. The summed E-state index contributed by atoms with van der Waals surface area (Å²) in [6.45, 7) is 0.0146. The second-order valence-corrected chi connectivity index (χ2v) is 5.88. The monoisotopic (exact) mass is 304 g/mol. The van der Waals surface area contributed by atoms with Crippen LogP contribution in [0, 0.1) is 11.3 Å². The fraction of sp³-hybridized carbons (Fsp3) is 0.143. The molecule has 20 heavy (non-hydrogen) atoms. The molecule has 0 aliphatic rings. The minimum absolute atomic E-state index is 0.0146. The Balaban J connectivity index is 1.87. The van der Waals surface area contributed by atoms with Crippen molar-refractivity contribution in [2.45, 2.75) is 11.5 Å². The molecule has 1 aromatic carbocycles. The van der Waals surface area contributed by atoms with Crippen molar-refractivity contribution in [2.75, 3.05) is 11.1 Å². The number of nitrogens with one attached hydrogen (secondary N) is 1. The molecule has 2 aromatic rings. The van der Waals surface area contributed by atoms with Crippen molar-refractivity contribution in [3.05, 3.63) is 46.8 Å². The summed E-state index contributed by atoms with van der Waals surface area (Å²) in [4.78, 5) is 12.8. The summed E-state index contributed by atoms with van der Waals surface area (Å²) in [5.74, 6) is 0.140. The number of aliphatic hydroxyl groups is 1. The maximum Gasteiger partial charge on any atom is 0.235 e. The highest BCUT2D eigenvalue weighted by molar-refractivity contribution is 8.00. The number of amides is 1. The standard InChI is InChI=1S/C14H12N2O2S2/c15-7-11-5-6-19-14(11)16-13(18)9-20-12-3-1-10(8-17)2-4-12/h1-6,17H,8-9H2,(H,16,18). The Morgan fingerprint density at radius 3 is 2.75 bits per heavy atom. The van der Waals surface area contributed by atoms with Crippen molar-refractivity contribution in [1.82, 2.24) is 0 Å². The Labute approximate surface area is 125 Å². The Morgan fingerprint density at radius 2 is 2.10 bits per heavy atom. The number of hydrogen-bond acceptors (Lipinski definition) is 5. The smallest absolute Gasteiger partial charge is 0.235 e. The number of carbonyl (C=O) groups excluding carboxylic acids is 1. The summed E-state index contributed by atoms with van der Waals surface area (Å²) in [5.41, 5.74) is 1.33. The first-order chi connectivity index (χ1) is 9.72. The van der Waals surface area contributed by atoms with Crippen molar-refractivity contribution in [2.24, 2.45) is 0 Å². The Morgan fingerprint density at radius 1 is 1.35 bits per heavy atom. The van der Waals surface area contributed by atoms with Gasteiger partial charge >= 0.3 is 0 Å². The van der Waals surface area contributed by atoms with Crippen molar-refractivity contribution < 1.29 is 9.90 Å². The molecule has 0 fully saturated rings. The van der Waals surface area contributed by atoms with Crippen LogP contribution < -0.4 is 5.32 Å². The van der Waals surface area contributed by atoms with Gasteiger partial charge in [-0.2, -0.15) is 5.26 Å². The lowest BCUT2D eigenvalue weighted by Gasteiger charge is -2.04. The van der Waals surface area contributed by atoms with Gasteiger partial charge in [-0.05, 0) is 29.1 Å². The predicted octanol–water partition coefficient (Wildman–Crippen LogP) is 2.84. The number of nitriles is 1. The minimum atomic E-state index is -0.139. The second kappa shape index (κ2) is 7.10. The summed E-state index contributed by atoms with van der Waals surface area (Å²) in [6.07, 6.45) is 0. The Kier molecular flexibility index (Phi) is 5.18. The number of nitrogens with zero attached hydrogens (tertiary/aromatic N) is 1. The molecule has 102 valence electrons. The molecule has 0 aliphatic carbocycles. The summed E-state index contributed by atoms with van der Waals surface area (Å²) in [5, 5.41) is 22.9. The molecule has 0 bridgehead atoms. The molecule has 0 atom stereocenters. The molecule has 1 aromatic heterocycles. The van der Waals surface area contributed by atoms with Crippen LogP contribution in [0.25, 0.3) is 0 Å². The van der Waals surface area contributed by atoms with Gasteiger partial charge in [-0.15, -0.1) is 23.1 Å². The number of carbonyl (C=O) groups is 1. The van der Waals surface area contributed by atoms with Gasteiger partial charge in [-0.1, -0.05) is 12.1 Å². The fourth-order valence-corrected chi connectivity index (χ4v) is 2.95. The number of thioether (sulfide) groups is 1. The van der Waals surface area contributed by atoms with Crippen LogP contribution in [0.1, 0.15) is 11.1 Å². The van der Waals surface area contributed by atoms with Gasteiger partial charge in [0.2, 0.25) is 5.91 Å². The van der Waals surface area contributed by atoms with E-state index in [2.05, 4.69) is 5.32 Å². The molecule has 6 heteroatoms. The molecular weight excluding hydrogens is 292 g/mol. The van der Waals surface area contributed by atoms with Gasteiger partial charge in [0.05, 0.1) is 17.9 Å². The number of aliphatic hydroxyl groups excluding tert-OH is 1. The van der Waals surface area contributed by atoms with Crippen LogP contribution in [0.2, 0.25) is 0 Å². The van der Waals surface area contributed by atoms with E-state index in [1.54, 1.807) is 11.4 Å². The molecule has 0 unspecified atom stereocenters. The molecule has 1 amide bonds. The van der Waals surface area contributed by atoms with Gasteiger partial charge in [0.15, 0.2) is 0 Å². The average molecular weight is 304 g/mol. The maximum atomic E-state index is 11.8. The molecular formula is C14H12N2O2S2. The molecule has 0 radical (unpaired) electrons. The number of thiophene rings is 1. The van der Waals surface area contributed by atoms with Crippen molar-refractivity contribution in [3.63, 3.8) is 0 Å². The first-order valence-electron chi connectivity index (χ1n) is 5.83. The van der Waals surface area contributed by atoms with Crippen molar-refractivity contribution >= 4 is 34.0 Å². The Hall–Kier alpha value is -1.81. The van der Waals surface area contributed by atoms with Crippen LogP contribution in [0.5, 0.6) is 0 Å². The largest absolute Gasteiger partial charge is 0.392 e. The average Bonchev–Trinajstić information content (AvgIpc) is 2.92. The highest BCUT2D eigenvalue weighted by Gasteiger charge is 2.08. The van der Waals surface area contributed by atoms with E-state index in [1.807, 2.05) is 30.3 Å². The van der Waals surface area contributed by atoms with E-state index >= 15 is 0 Å². The zero-order chi connectivity index (χ0) is 14.4. The van der Waals surface area contributed by atoms with E-state index in [0.717, 1.165) is 10.5 Å². The van der Waals surface area contributed by atoms with E-state index in [4.69, 9.17) is 10.4 Å². The highest BCUT2D eigenvalue weighted by Crippen LogP contribution is 2.23. The van der Waals surface area contributed by atoms with Crippen LogP contribution in [-0.2, 0) is 11.4 Å². The van der Waals surface area contributed by atoms with Gasteiger partial charge in [0.25, 0.3) is 0 Å². The molecule has 0 aliphatic heterocycles. The number of hydrogen-bond donors (Lipinski definition) is 2. The van der Waals surface area contributed by atoms with E-state index in [9.17, 15) is 4.79 Å². The first-order valence-corrected chi connectivity index (χ1v) is 7.69. The van der Waals surface area contributed by atoms with E-state index in [-0.39, 0.29) is 18.3 Å². The normalized spacial score (nSPS) is 10.0. The van der Waals surface area contributed by atoms with Gasteiger partial charge in [-0.25, -0.2) is 0 Å². The molecule has 0 spiro atoms. The van der Waals surface area contributed by atoms with Gasteiger partial charge in [0.1, 0.15) is 11.1 Å². The lowest BCUT2D eigenvalue weighted by Crippen LogP contribution is -2.13. The van der Waals surface area contributed by atoms with Crippen LogP contribution in [0.3, 0.4) is 0 Å². The van der Waals surface area contributed by atoms with E-state index < -0.39 is 0 Å². The fourth-order valence-electron chi connectivity index (χ4n) is 1.50. The van der Waals surface area contributed by atoms with Crippen LogP contribution in [0.15, 0.2) is 40.6 Å². The van der Waals surface area contributed by atoms with Gasteiger partial charge < -0.3 is 10.4 Å². The second-order valence-electron chi connectivity index (χ2n) is 3.91. The third-order valence-corrected chi connectivity index (χ3v) is 4.36. The number of rotatable bonds is 5. The van der Waals surface area contributed by atoms with E-state index in [0.29, 0.717) is 10.6 Å². The summed E-state index contributed by atoms with van der Waals surface area (Å²) in [6, 6.07) is 11.1. The minimum Gasteiger partial charge on any atom is -0.392 e. The van der Waals surface area contributed by atoms with Crippen LogP contribution >= 0.6 is 23.1 Å².